The van der Waals surface area contributed by atoms with Crippen LogP contribution in [0.4, 0.5) is 0 Å². The molecule has 104 valence electrons. The fourth-order valence-electron chi connectivity index (χ4n) is 1.98. The molecule has 0 aliphatic rings. The van der Waals surface area contributed by atoms with Crippen LogP contribution in [0.3, 0.4) is 0 Å². The Morgan fingerprint density at radius 1 is 0.900 bits per heavy atom. The number of carbonyl (C=O) groups is 1. The highest BCUT2D eigenvalue weighted by Crippen LogP contribution is 2.23. The quantitative estimate of drug-likeness (QED) is 0.780. The van der Waals surface area contributed by atoms with E-state index in [-0.39, 0.29) is 6.42 Å². The lowest BCUT2D eigenvalue weighted by Gasteiger charge is -2.13. The molecule has 4 nitrogen and oxygen atoms in total. The zero-order chi connectivity index (χ0) is 14.5. The Bertz CT molecular complexity index is 563. The molecule has 0 radical (unpaired) electrons. The molecule has 0 unspecified atom stereocenters. The molecule has 4 heteroatoms. The summed E-state index contributed by atoms with van der Waals surface area (Å²) in [5, 5.41) is 27.7. The second-order valence-electron chi connectivity index (χ2n) is 4.59. The average molecular weight is 272 g/mol. The van der Waals surface area contributed by atoms with Crippen LogP contribution >= 0.6 is 0 Å². The number of aliphatic hydroxyl groups is 2. The normalized spacial score (nSPS) is 13.7. The molecule has 20 heavy (non-hydrogen) atoms. The highest BCUT2D eigenvalue weighted by Gasteiger charge is 2.19. The van der Waals surface area contributed by atoms with E-state index in [0.29, 0.717) is 5.56 Å². The number of aliphatic carboxylic acids is 1. The largest absolute Gasteiger partial charge is 0.479 e. The maximum atomic E-state index is 10.5. The lowest BCUT2D eigenvalue weighted by Crippen LogP contribution is -2.22. The number of hydrogen-bond acceptors (Lipinski definition) is 3. The van der Waals surface area contributed by atoms with E-state index in [1.165, 1.54) is 0 Å². The lowest BCUT2D eigenvalue weighted by molar-refractivity contribution is -0.148. The van der Waals surface area contributed by atoms with Gasteiger partial charge in [-0.3, -0.25) is 0 Å². The first-order chi connectivity index (χ1) is 9.58. The molecule has 0 aliphatic heterocycles. The SMILES string of the molecule is O=C(O)[C@@H](O)C[C@@H](O)c1ccc(-c2ccccc2)cc1. The number of benzene rings is 2. The number of carboxylic acids is 1. The van der Waals surface area contributed by atoms with Crippen LogP contribution in [-0.4, -0.2) is 27.4 Å². The summed E-state index contributed by atoms with van der Waals surface area (Å²) in [4.78, 5) is 10.5. The molecule has 0 saturated carbocycles. The van der Waals surface area contributed by atoms with Crippen molar-refractivity contribution < 1.29 is 20.1 Å². The Labute approximate surface area is 116 Å². The number of rotatable bonds is 5. The molecule has 3 N–H and O–H groups in total. The van der Waals surface area contributed by atoms with Gasteiger partial charge >= 0.3 is 5.97 Å². The van der Waals surface area contributed by atoms with Gasteiger partial charge in [0, 0.05) is 6.42 Å². The predicted molar refractivity (Wildman–Crippen MR) is 75.1 cm³/mol. The molecule has 0 aromatic heterocycles. The first kappa shape index (κ1) is 14.2. The molecule has 0 amide bonds. The Morgan fingerprint density at radius 2 is 1.45 bits per heavy atom. The minimum Gasteiger partial charge on any atom is -0.479 e. The van der Waals surface area contributed by atoms with Gasteiger partial charge in [0.2, 0.25) is 0 Å². The second kappa shape index (κ2) is 6.32. The second-order valence-corrected chi connectivity index (χ2v) is 4.59. The molecule has 0 aliphatic carbocycles. The van der Waals surface area contributed by atoms with Crippen LogP contribution in [0.1, 0.15) is 18.1 Å². The van der Waals surface area contributed by atoms with E-state index in [9.17, 15) is 15.0 Å². The molecule has 2 aromatic rings. The molecule has 2 rings (SSSR count). The highest BCUT2D eigenvalue weighted by atomic mass is 16.4. The zero-order valence-electron chi connectivity index (χ0n) is 10.8. The molecule has 2 atom stereocenters. The molecule has 0 spiro atoms. The first-order valence-corrected chi connectivity index (χ1v) is 6.32. The average Bonchev–Trinajstić information content (AvgIpc) is 2.48. The molecular weight excluding hydrogens is 256 g/mol. The summed E-state index contributed by atoms with van der Waals surface area (Å²) >= 11 is 0. The van der Waals surface area contributed by atoms with Gasteiger partial charge in [0.05, 0.1) is 6.10 Å². The number of aliphatic hydroxyl groups excluding tert-OH is 2. The van der Waals surface area contributed by atoms with Crippen molar-refractivity contribution in [3.63, 3.8) is 0 Å². The zero-order valence-corrected chi connectivity index (χ0v) is 10.8. The Morgan fingerprint density at radius 3 is 2.00 bits per heavy atom. The Balaban J connectivity index is 2.10. The van der Waals surface area contributed by atoms with E-state index in [1.54, 1.807) is 12.1 Å². The van der Waals surface area contributed by atoms with Crippen LogP contribution < -0.4 is 0 Å². The molecule has 0 bridgehead atoms. The van der Waals surface area contributed by atoms with Gasteiger partial charge in [-0.25, -0.2) is 4.79 Å². The topological polar surface area (TPSA) is 77.8 Å². The maximum absolute atomic E-state index is 10.5. The summed E-state index contributed by atoms with van der Waals surface area (Å²) in [6.07, 6.45) is -2.77. The molecule has 0 fully saturated rings. The molecule has 0 saturated heterocycles. The summed E-state index contributed by atoms with van der Waals surface area (Å²) in [6, 6.07) is 17.0. The molecular formula is C16H16O4. The molecule has 0 heterocycles. The van der Waals surface area contributed by atoms with Crippen molar-refractivity contribution in [1.29, 1.82) is 0 Å². The first-order valence-electron chi connectivity index (χ1n) is 6.32. The fraction of sp³-hybridized carbons (Fsp3) is 0.188. The fourth-order valence-corrected chi connectivity index (χ4v) is 1.98. The monoisotopic (exact) mass is 272 g/mol. The van der Waals surface area contributed by atoms with E-state index in [0.717, 1.165) is 11.1 Å². The third-order valence-electron chi connectivity index (χ3n) is 3.13. The number of carboxylic acid groups (broad SMARTS) is 1. The van der Waals surface area contributed by atoms with E-state index >= 15 is 0 Å². The summed E-state index contributed by atoms with van der Waals surface area (Å²) in [5.74, 6) is -1.33. The Kier molecular flexibility index (Phi) is 4.50. The van der Waals surface area contributed by atoms with E-state index < -0.39 is 18.2 Å². The van der Waals surface area contributed by atoms with Crippen molar-refractivity contribution in [2.45, 2.75) is 18.6 Å². The van der Waals surface area contributed by atoms with Gasteiger partial charge in [-0.15, -0.1) is 0 Å². The minimum atomic E-state index is -1.56. The maximum Gasteiger partial charge on any atom is 0.332 e. The highest BCUT2D eigenvalue weighted by molar-refractivity contribution is 5.72. The van der Waals surface area contributed by atoms with Crippen molar-refractivity contribution in [2.75, 3.05) is 0 Å². The predicted octanol–water partition coefficient (Wildman–Crippen LogP) is 2.22. The van der Waals surface area contributed by atoms with Gasteiger partial charge in [-0.2, -0.15) is 0 Å². The van der Waals surface area contributed by atoms with E-state index in [4.69, 9.17) is 5.11 Å². The van der Waals surface area contributed by atoms with Crippen molar-refractivity contribution >= 4 is 5.97 Å². The van der Waals surface area contributed by atoms with Crippen molar-refractivity contribution in [1.82, 2.24) is 0 Å². The minimum absolute atomic E-state index is 0.222. The molecule has 2 aromatic carbocycles. The van der Waals surface area contributed by atoms with Gasteiger partial charge in [0.1, 0.15) is 0 Å². The summed E-state index contributed by atoms with van der Waals surface area (Å²) in [7, 11) is 0. The van der Waals surface area contributed by atoms with E-state index in [2.05, 4.69) is 0 Å². The lowest BCUT2D eigenvalue weighted by atomic mass is 9.99. The third kappa shape index (κ3) is 3.44. The summed E-state index contributed by atoms with van der Waals surface area (Å²) in [5.41, 5.74) is 2.67. The van der Waals surface area contributed by atoms with Crippen LogP contribution in [0, 0.1) is 0 Å². The van der Waals surface area contributed by atoms with Crippen molar-refractivity contribution in [3.05, 3.63) is 60.2 Å². The number of hydrogen-bond donors (Lipinski definition) is 3. The van der Waals surface area contributed by atoms with Crippen molar-refractivity contribution in [2.24, 2.45) is 0 Å². The van der Waals surface area contributed by atoms with Gasteiger partial charge < -0.3 is 15.3 Å². The van der Waals surface area contributed by atoms with Crippen molar-refractivity contribution in [3.8, 4) is 11.1 Å². The summed E-state index contributed by atoms with van der Waals surface area (Å²) in [6.45, 7) is 0. The summed E-state index contributed by atoms with van der Waals surface area (Å²) < 4.78 is 0. The van der Waals surface area contributed by atoms with Crippen LogP contribution in [-0.2, 0) is 4.79 Å². The smallest absolute Gasteiger partial charge is 0.332 e. The standard InChI is InChI=1S/C16H16O4/c17-14(10-15(18)16(19)20)13-8-6-12(7-9-13)11-4-2-1-3-5-11/h1-9,14-15,17-18H,10H2,(H,19,20)/t14-,15+/m1/s1. The Hall–Kier alpha value is -2.17. The van der Waals surface area contributed by atoms with Crippen LogP contribution in [0.15, 0.2) is 54.6 Å². The van der Waals surface area contributed by atoms with Crippen LogP contribution in [0.25, 0.3) is 11.1 Å². The van der Waals surface area contributed by atoms with Gasteiger partial charge in [-0.1, -0.05) is 54.6 Å². The third-order valence-corrected chi connectivity index (χ3v) is 3.13. The van der Waals surface area contributed by atoms with Gasteiger partial charge in [0.15, 0.2) is 6.10 Å². The van der Waals surface area contributed by atoms with Crippen LogP contribution in [0.5, 0.6) is 0 Å². The van der Waals surface area contributed by atoms with Gasteiger partial charge in [-0.05, 0) is 16.7 Å². The van der Waals surface area contributed by atoms with E-state index in [1.807, 2.05) is 42.5 Å². The van der Waals surface area contributed by atoms with Crippen LogP contribution in [0.2, 0.25) is 0 Å². The van der Waals surface area contributed by atoms with Gasteiger partial charge in [0.25, 0.3) is 0 Å².